The first-order chi connectivity index (χ1) is 21.8. The Labute approximate surface area is 251 Å². The highest BCUT2D eigenvalue weighted by Crippen LogP contribution is 2.42. The Hall–Kier alpha value is -6.14. The van der Waals surface area contributed by atoms with Crippen molar-refractivity contribution in [2.45, 2.75) is 0 Å². The summed E-state index contributed by atoms with van der Waals surface area (Å²) in [6.07, 6.45) is 0. The summed E-state index contributed by atoms with van der Waals surface area (Å²) in [7, 11) is 0. The van der Waals surface area contributed by atoms with Gasteiger partial charge >= 0.3 is 0 Å². The average Bonchev–Trinajstić information content (AvgIpc) is 3.71. The van der Waals surface area contributed by atoms with Crippen LogP contribution in [0.5, 0.6) is 0 Å². The summed E-state index contributed by atoms with van der Waals surface area (Å²) in [4.78, 5) is 19.9. The standard InChI is InChI=1S/C38H22N4O2/c1-4-12-23(13-5-1)35-40-36(24-14-6-2-7-15-24)42-37(41-35)28-22-29-32-30(43-34(29)27-19-11-10-18-26(27)28)20-21-31-33(32)39-38(44-31)25-16-8-3-9-17-25/h1-22H. The Morgan fingerprint density at radius 2 is 0.955 bits per heavy atom. The first-order valence-electron chi connectivity index (χ1n) is 14.4. The summed E-state index contributed by atoms with van der Waals surface area (Å²) in [6, 6.07) is 44.2. The lowest BCUT2D eigenvalue weighted by molar-refractivity contribution is 0.619. The van der Waals surface area contributed by atoms with Gasteiger partial charge in [-0.25, -0.2) is 19.9 Å². The van der Waals surface area contributed by atoms with E-state index in [9.17, 15) is 0 Å². The number of fused-ring (bicyclic) bond motifs is 7. The second-order valence-electron chi connectivity index (χ2n) is 10.7. The van der Waals surface area contributed by atoms with Gasteiger partial charge in [0.05, 0.1) is 5.39 Å². The van der Waals surface area contributed by atoms with Crippen LogP contribution in [-0.2, 0) is 0 Å². The van der Waals surface area contributed by atoms with E-state index >= 15 is 0 Å². The molecule has 9 rings (SSSR count). The van der Waals surface area contributed by atoms with E-state index in [4.69, 9.17) is 28.8 Å². The van der Waals surface area contributed by atoms with E-state index in [1.807, 2.05) is 115 Å². The molecule has 3 aromatic heterocycles. The van der Waals surface area contributed by atoms with E-state index in [2.05, 4.69) is 18.2 Å². The number of oxazole rings is 1. The van der Waals surface area contributed by atoms with Crippen LogP contribution in [0.4, 0.5) is 0 Å². The third-order valence-electron chi connectivity index (χ3n) is 7.96. The van der Waals surface area contributed by atoms with Gasteiger partial charge in [0.15, 0.2) is 23.1 Å². The van der Waals surface area contributed by atoms with E-state index in [-0.39, 0.29) is 0 Å². The highest BCUT2D eigenvalue weighted by atomic mass is 16.4. The molecular weight excluding hydrogens is 544 g/mol. The van der Waals surface area contributed by atoms with E-state index in [1.54, 1.807) is 0 Å². The van der Waals surface area contributed by atoms with Crippen LogP contribution in [-0.4, -0.2) is 19.9 Å². The summed E-state index contributed by atoms with van der Waals surface area (Å²) < 4.78 is 12.8. The van der Waals surface area contributed by atoms with Gasteiger partial charge in [-0.15, -0.1) is 0 Å². The Morgan fingerprint density at radius 1 is 0.409 bits per heavy atom. The lowest BCUT2D eigenvalue weighted by Crippen LogP contribution is -2.00. The lowest BCUT2D eigenvalue weighted by atomic mass is 9.99. The molecule has 3 heterocycles. The molecule has 206 valence electrons. The first-order valence-corrected chi connectivity index (χ1v) is 14.4. The maximum Gasteiger partial charge on any atom is 0.227 e. The quantitative estimate of drug-likeness (QED) is 0.211. The second-order valence-corrected chi connectivity index (χ2v) is 10.7. The number of hydrogen-bond donors (Lipinski definition) is 0. The van der Waals surface area contributed by atoms with Crippen LogP contribution in [0.15, 0.2) is 142 Å². The molecule has 0 fully saturated rings. The molecule has 9 aromatic rings. The van der Waals surface area contributed by atoms with Gasteiger partial charge in [-0.1, -0.05) is 103 Å². The fraction of sp³-hybridized carbons (Fsp3) is 0. The van der Waals surface area contributed by atoms with Crippen LogP contribution in [0.1, 0.15) is 0 Å². The van der Waals surface area contributed by atoms with Crippen molar-refractivity contribution in [3.63, 3.8) is 0 Å². The maximum atomic E-state index is 6.53. The zero-order valence-electron chi connectivity index (χ0n) is 23.3. The molecule has 0 unspecified atom stereocenters. The van der Waals surface area contributed by atoms with Crippen molar-refractivity contribution >= 4 is 43.8 Å². The number of aromatic nitrogens is 4. The van der Waals surface area contributed by atoms with Crippen LogP contribution in [0.2, 0.25) is 0 Å². The van der Waals surface area contributed by atoms with E-state index in [0.717, 1.165) is 60.5 Å². The fourth-order valence-electron chi connectivity index (χ4n) is 5.89. The van der Waals surface area contributed by atoms with E-state index in [0.29, 0.717) is 28.9 Å². The molecule has 0 atom stereocenters. The van der Waals surface area contributed by atoms with Gasteiger partial charge in [0.1, 0.15) is 16.7 Å². The van der Waals surface area contributed by atoms with Crippen molar-refractivity contribution in [2.24, 2.45) is 0 Å². The van der Waals surface area contributed by atoms with Gasteiger partial charge in [0.2, 0.25) is 5.89 Å². The van der Waals surface area contributed by atoms with Crippen molar-refractivity contribution in [3.8, 4) is 45.6 Å². The Kier molecular flexibility index (Phi) is 5.40. The molecule has 0 amide bonds. The average molecular weight is 567 g/mol. The van der Waals surface area contributed by atoms with Crippen molar-refractivity contribution in [1.82, 2.24) is 19.9 Å². The van der Waals surface area contributed by atoms with Gasteiger partial charge in [-0.3, -0.25) is 0 Å². The smallest absolute Gasteiger partial charge is 0.227 e. The number of nitrogens with zero attached hydrogens (tertiary/aromatic N) is 4. The summed E-state index contributed by atoms with van der Waals surface area (Å²) in [6.45, 7) is 0. The molecule has 44 heavy (non-hydrogen) atoms. The summed E-state index contributed by atoms with van der Waals surface area (Å²) >= 11 is 0. The van der Waals surface area contributed by atoms with Gasteiger partial charge in [-0.05, 0) is 35.7 Å². The van der Waals surface area contributed by atoms with Gasteiger partial charge < -0.3 is 8.83 Å². The molecular formula is C38H22N4O2. The van der Waals surface area contributed by atoms with Gasteiger partial charge in [0, 0.05) is 33.0 Å². The number of benzene rings is 6. The SMILES string of the molecule is c1ccc(-c2nc(-c3ccccc3)nc(-c3cc4c(oc5ccc6oc(-c7ccccc7)nc6c54)c4ccccc34)n2)cc1. The molecule has 6 nitrogen and oxygen atoms in total. The summed E-state index contributed by atoms with van der Waals surface area (Å²) in [5, 5.41) is 3.79. The largest absolute Gasteiger partial charge is 0.455 e. The minimum Gasteiger partial charge on any atom is -0.455 e. The van der Waals surface area contributed by atoms with Gasteiger partial charge in [-0.2, -0.15) is 0 Å². The summed E-state index contributed by atoms with van der Waals surface area (Å²) in [5.41, 5.74) is 6.64. The Bertz CT molecular complexity index is 2430. The van der Waals surface area contributed by atoms with Crippen LogP contribution < -0.4 is 0 Å². The van der Waals surface area contributed by atoms with Crippen LogP contribution in [0.3, 0.4) is 0 Å². The van der Waals surface area contributed by atoms with Crippen molar-refractivity contribution in [1.29, 1.82) is 0 Å². The molecule has 0 aliphatic heterocycles. The predicted octanol–water partition coefficient (Wildman–Crippen LogP) is 9.73. The Morgan fingerprint density at radius 3 is 1.61 bits per heavy atom. The van der Waals surface area contributed by atoms with Crippen LogP contribution in [0.25, 0.3) is 89.4 Å². The predicted molar refractivity (Wildman–Crippen MR) is 174 cm³/mol. The maximum absolute atomic E-state index is 6.53. The molecule has 0 aliphatic carbocycles. The third-order valence-corrected chi connectivity index (χ3v) is 7.96. The van der Waals surface area contributed by atoms with Gasteiger partial charge in [0.25, 0.3) is 0 Å². The lowest BCUT2D eigenvalue weighted by Gasteiger charge is -2.11. The molecule has 0 aliphatic rings. The highest BCUT2D eigenvalue weighted by molar-refractivity contribution is 6.24. The molecule has 0 radical (unpaired) electrons. The zero-order chi connectivity index (χ0) is 29.0. The third kappa shape index (κ3) is 3.89. The Balaban J connectivity index is 1.35. The molecule has 0 saturated carbocycles. The fourth-order valence-corrected chi connectivity index (χ4v) is 5.89. The first kappa shape index (κ1) is 24.5. The molecule has 6 aromatic carbocycles. The minimum absolute atomic E-state index is 0.570. The van der Waals surface area contributed by atoms with E-state index in [1.165, 1.54) is 0 Å². The van der Waals surface area contributed by atoms with Crippen molar-refractivity contribution < 1.29 is 8.83 Å². The van der Waals surface area contributed by atoms with Crippen LogP contribution >= 0.6 is 0 Å². The number of hydrogen-bond acceptors (Lipinski definition) is 6. The summed E-state index contributed by atoms with van der Waals surface area (Å²) in [5.74, 6) is 2.38. The molecule has 6 heteroatoms. The van der Waals surface area contributed by atoms with E-state index < -0.39 is 0 Å². The topological polar surface area (TPSA) is 77.8 Å². The van der Waals surface area contributed by atoms with Crippen molar-refractivity contribution in [3.05, 3.63) is 133 Å². The normalized spacial score (nSPS) is 11.6. The molecule has 0 N–H and O–H groups in total. The number of rotatable bonds is 4. The number of furan rings is 1. The molecule has 0 bridgehead atoms. The molecule has 0 spiro atoms. The van der Waals surface area contributed by atoms with Crippen LogP contribution in [0, 0.1) is 0 Å². The second kappa shape index (κ2) is 9.71. The minimum atomic E-state index is 0.570. The monoisotopic (exact) mass is 566 g/mol. The van der Waals surface area contributed by atoms with Crippen molar-refractivity contribution in [2.75, 3.05) is 0 Å². The highest BCUT2D eigenvalue weighted by Gasteiger charge is 2.21. The molecule has 0 saturated heterocycles. The zero-order valence-corrected chi connectivity index (χ0v) is 23.3.